The van der Waals surface area contributed by atoms with Crippen LogP contribution in [0.2, 0.25) is 0 Å². The maximum atomic E-state index is 11.4. The Labute approximate surface area is 104 Å². The lowest BCUT2D eigenvalue weighted by Gasteiger charge is -2.14. The standard InChI is InChI=1S/C13H26O4/c1-3-5-11(6-4-2)7-8-13(16)17-10-12(15)9-14/h11-12,14-15H,3-10H2,1-2H3. The Morgan fingerprint density at radius 2 is 1.76 bits per heavy atom. The van der Waals surface area contributed by atoms with Crippen molar-refractivity contribution in [1.82, 2.24) is 0 Å². The summed E-state index contributed by atoms with van der Waals surface area (Å²) in [5.74, 6) is 0.315. The van der Waals surface area contributed by atoms with Gasteiger partial charge in [-0.1, -0.05) is 39.5 Å². The van der Waals surface area contributed by atoms with Crippen LogP contribution in [-0.4, -0.2) is 35.5 Å². The van der Waals surface area contributed by atoms with Crippen molar-refractivity contribution in [2.45, 2.75) is 58.5 Å². The lowest BCUT2D eigenvalue weighted by Crippen LogP contribution is -2.22. The molecule has 0 aromatic heterocycles. The van der Waals surface area contributed by atoms with Crippen molar-refractivity contribution in [1.29, 1.82) is 0 Å². The highest BCUT2D eigenvalue weighted by Crippen LogP contribution is 2.19. The number of esters is 1. The first-order valence-corrected chi connectivity index (χ1v) is 6.58. The zero-order valence-corrected chi connectivity index (χ0v) is 11.0. The summed E-state index contributed by atoms with van der Waals surface area (Å²) < 4.78 is 4.85. The maximum Gasteiger partial charge on any atom is 0.305 e. The molecular weight excluding hydrogens is 220 g/mol. The second-order valence-corrected chi connectivity index (χ2v) is 4.50. The second kappa shape index (κ2) is 10.5. The van der Waals surface area contributed by atoms with Crippen molar-refractivity contribution in [3.05, 3.63) is 0 Å². The lowest BCUT2D eigenvalue weighted by molar-refractivity contribution is -0.147. The molecule has 0 bridgehead atoms. The summed E-state index contributed by atoms with van der Waals surface area (Å²) in [6.45, 7) is 3.82. The summed E-state index contributed by atoms with van der Waals surface area (Å²) in [5.41, 5.74) is 0. The van der Waals surface area contributed by atoms with E-state index < -0.39 is 6.10 Å². The van der Waals surface area contributed by atoms with E-state index in [-0.39, 0.29) is 19.2 Å². The van der Waals surface area contributed by atoms with E-state index in [1.54, 1.807) is 0 Å². The van der Waals surface area contributed by atoms with Crippen molar-refractivity contribution >= 4 is 5.97 Å². The number of hydrogen-bond donors (Lipinski definition) is 2. The Morgan fingerprint density at radius 3 is 2.24 bits per heavy atom. The van der Waals surface area contributed by atoms with Gasteiger partial charge in [0, 0.05) is 6.42 Å². The van der Waals surface area contributed by atoms with Gasteiger partial charge in [-0.2, -0.15) is 0 Å². The monoisotopic (exact) mass is 246 g/mol. The normalized spacial score (nSPS) is 12.8. The van der Waals surface area contributed by atoms with Crippen LogP contribution >= 0.6 is 0 Å². The molecule has 2 N–H and O–H groups in total. The van der Waals surface area contributed by atoms with E-state index in [1.807, 2.05) is 0 Å². The van der Waals surface area contributed by atoms with Gasteiger partial charge in [-0.15, -0.1) is 0 Å². The molecule has 0 radical (unpaired) electrons. The average Bonchev–Trinajstić information content (AvgIpc) is 2.33. The van der Waals surface area contributed by atoms with Crippen molar-refractivity contribution in [2.24, 2.45) is 5.92 Å². The second-order valence-electron chi connectivity index (χ2n) is 4.50. The third-order valence-electron chi connectivity index (χ3n) is 2.80. The van der Waals surface area contributed by atoms with E-state index in [0.29, 0.717) is 12.3 Å². The predicted octanol–water partition coefficient (Wildman–Crippen LogP) is 1.88. The largest absolute Gasteiger partial charge is 0.463 e. The molecule has 1 atom stereocenters. The number of carbonyl (C=O) groups excluding carboxylic acids is 1. The lowest BCUT2D eigenvalue weighted by atomic mass is 9.93. The van der Waals surface area contributed by atoms with Crippen LogP contribution in [0.15, 0.2) is 0 Å². The van der Waals surface area contributed by atoms with Gasteiger partial charge >= 0.3 is 5.97 Å². The minimum atomic E-state index is -0.957. The molecule has 1 unspecified atom stereocenters. The fourth-order valence-corrected chi connectivity index (χ4v) is 1.89. The molecule has 0 aliphatic carbocycles. The number of aliphatic hydroxyl groups is 2. The Kier molecular flexibility index (Phi) is 10.2. The van der Waals surface area contributed by atoms with Crippen LogP contribution < -0.4 is 0 Å². The van der Waals surface area contributed by atoms with Crippen LogP contribution in [0.1, 0.15) is 52.4 Å². The topological polar surface area (TPSA) is 66.8 Å². The van der Waals surface area contributed by atoms with Crippen LogP contribution in [-0.2, 0) is 9.53 Å². The van der Waals surface area contributed by atoms with Crippen LogP contribution in [0.3, 0.4) is 0 Å². The third-order valence-corrected chi connectivity index (χ3v) is 2.80. The molecule has 0 saturated heterocycles. The van der Waals surface area contributed by atoms with Gasteiger partial charge < -0.3 is 14.9 Å². The molecule has 0 amide bonds. The molecule has 102 valence electrons. The Morgan fingerprint density at radius 1 is 1.18 bits per heavy atom. The molecule has 0 aromatic rings. The maximum absolute atomic E-state index is 11.4. The molecular formula is C13H26O4. The van der Waals surface area contributed by atoms with Crippen molar-refractivity contribution in [2.75, 3.05) is 13.2 Å². The van der Waals surface area contributed by atoms with Gasteiger partial charge in [0.05, 0.1) is 6.61 Å². The molecule has 0 aromatic carbocycles. The van der Waals surface area contributed by atoms with Gasteiger partial charge in [-0.05, 0) is 12.3 Å². The van der Waals surface area contributed by atoms with Crippen molar-refractivity contribution < 1.29 is 19.7 Å². The van der Waals surface area contributed by atoms with Crippen molar-refractivity contribution in [3.63, 3.8) is 0 Å². The predicted molar refractivity (Wildman–Crippen MR) is 66.6 cm³/mol. The number of ether oxygens (including phenoxy) is 1. The van der Waals surface area contributed by atoms with Gasteiger partial charge in [-0.3, -0.25) is 4.79 Å². The molecule has 0 fully saturated rings. The van der Waals surface area contributed by atoms with E-state index in [2.05, 4.69) is 13.8 Å². The Bertz CT molecular complexity index is 188. The van der Waals surface area contributed by atoms with E-state index >= 15 is 0 Å². The minimum Gasteiger partial charge on any atom is -0.463 e. The van der Waals surface area contributed by atoms with Gasteiger partial charge in [0.2, 0.25) is 0 Å². The third kappa shape index (κ3) is 9.12. The fourth-order valence-electron chi connectivity index (χ4n) is 1.89. The van der Waals surface area contributed by atoms with Gasteiger partial charge in [-0.25, -0.2) is 0 Å². The summed E-state index contributed by atoms with van der Waals surface area (Å²) in [5, 5.41) is 17.6. The fraction of sp³-hybridized carbons (Fsp3) is 0.923. The van der Waals surface area contributed by atoms with Crippen molar-refractivity contribution in [3.8, 4) is 0 Å². The van der Waals surface area contributed by atoms with Gasteiger partial charge in [0.15, 0.2) is 0 Å². The quantitative estimate of drug-likeness (QED) is 0.578. The molecule has 0 spiro atoms. The number of rotatable bonds is 10. The first-order valence-electron chi connectivity index (χ1n) is 6.58. The molecule has 0 heterocycles. The number of carbonyl (C=O) groups is 1. The molecule has 4 heteroatoms. The van der Waals surface area contributed by atoms with Gasteiger partial charge in [0.25, 0.3) is 0 Å². The summed E-state index contributed by atoms with van der Waals surface area (Å²) >= 11 is 0. The highest BCUT2D eigenvalue weighted by molar-refractivity contribution is 5.69. The summed E-state index contributed by atoms with van der Waals surface area (Å²) in [6.07, 6.45) is 4.90. The highest BCUT2D eigenvalue weighted by atomic mass is 16.5. The van der Waals surface area contributed by atoms with Crippen LogP contribution in [0.4, 0.5) is 0 Å². The Hall–Kier alpha value is -0.610. The summed E-state index contributed by atoms with van der Waals surface area (Å²) in [4.78, 5) is 11.4. The summed E-state index contributed by atoms with van der Waals surface area (Å²) in [7, 11) is 0. The first-order chi connectivity index (χ1) is 8.13. The molecule has 0 saturated carbocycles. The minimum absolute atomic E-state index is 0.110. The molecule has 0 rings (SSSR count). The smallest absolute Gasteiger partial charge is 0.305 e. The van der Waals surface area contributed by atoms with Crippen LogP contribution in [0, 0.1) is 5.92 Å². The van der Waals surface area contributed by atoms with E-state index in [9.17, 15) is 4.79 Å². The number of aliphatic hydroxyl groups excluding tert-OH is 2. The van der Waals surface area contributed by atoms with Crippen LogP contribution in [0.25, 0.3) is 0 Å². The van der Waals surface area contributed by atoms with Crippen LogP contribution in [0.5, 0.6) is 0 Å². The van der Waals surface area contributed by atoms with E-state index in [4.69, 9.17) is 14.9 Å². The van der Waals surface area contributed by atoms with E-state index in [1.165, 1.54) is 0 Å². The zero-order valence-electron chi connectivity index (χ0n) is 11.0. The SMILES string of the molecule is CCCC(CCC)CCC(=O)OCC(O)CO. The highest BCUT2D eigenvalue weighted by Gasteiger charge is 2.12. The average molecular weight is 246 g/mol. The van der Waals surface area contributed by atoms with Gasteiger partial charge in [0.1, 0.15) is 12.7 Å². The first kappa shape index (κ1) is 16.4. The summed E-state index contributed by atoms with van der Waals surface area (Å²) in [6, 6.07) is 0. The molecule has 4 nitrogen and oxygen atoms in total. The molecule has 17 heavy (non-hydrogen) atoms. The van der Waals surface area contributed by atoms with E-state index in [0.717, 1.165) is 32.1 Å². The zero-order chi connectivity index (χ0) is 13.1. The molecule has 0 aliphatic rings. The molecule has 0 aliphatic heterocycles. The number of hydrogen-bond acceptors (Lipinski definition) is 4. The Balaban J connectivity index is 3.71.